The minimum absolute atomic E-state index is 0.343. The molecule has 1 aromatic rings. The molecule has 0 radical (unpaired) electrons. The highest BCUT2D eigenvalue weighted by molar-refractivity contribution is 7.92. The SMILES string of the molecule is CCCC=Cc1ccc(NS(C)(=O)=O)nc1. The van der Waals surface area contributed by atoms with E-state index in [2.05, 4.69) is 22.7 Å². The summed E-state index contributed by atoms with van der Waals surface area (Å²) in [4.78, 5) is 4.00. The highest BCUT2D eigenvalue weighted by Gasteiger charge is 2.01. The summed E-state index contributed by atoms with van der Waals surface area (Å²) in [7, 11) is -3.24. The molecule has 4 nitrogen and oxygen atoms in total. The van der Waals surface area contributed by atoms with E-state index < -0.39 is 10.0 Å². The average molecular weight is 240 g/mol. The summed E-state index contributed by atoms with van der Waals surface area (Å²) in [6, 6.07) is 3.47. The molecule has 1 N–H and O–H groups in total. The fourth-order valence-corrected chi connectivity index (χ4v) is 1.64. The number of nitrogens with zero attached hydrogens (tertiary/aromatic N) is 1. The van der Waals surface area contributed by atoms with Crippen LogP contribution in [0, 0.1) is 0 Å². The van der Waals surface area contributed by atoms with Gasteiger partial charge in [0.1, 0.15) is 5.82 Å². The number of aromatic nitrogens is 1. The van der Waals surface area contributed by atoms with Crippen LogP contribution in [-0.4, -0.2) is 19.7 Å². The third kappa shape index (κ3) is 4.93. The molecular formula is C11H16N2O2S. The van der Waals surface area contributed by atoms with Crippen molar-refractivity contribution in [3.63, 3.8) is 0 Å². The zero-order valence-corrected chi connectivity index (χ0v) is 10.3. The van der Waals surface area contributed by atoms with Gasteiger partial charge in [0, 0.05) is 6.20 Å². The first kappa shape index (κ1) is 12.7. The van der Waals surface area contributed by atoms with Crippen molar-refractivity contribution in [1.29, 1.82) is 0 Å². The van der Waals surface area contributed by atoms with Crippen LogP contribution in [0.5, 0.6) is 0 Å². The van der Waals surface area contributed by atoms with Crippen LogP contribution in [0.1, 0.15) is 25.3 Å². The van der Waals surface area contributed by atoms with Gasteiger partial charge in [-0.25, -0.2) is 13.4 Å². The van der Waals surface area contributed by atoms with Gasteiger partial charge in [-0.05, 0) is 24.1 Å². The van der Waals surface area contributed by atoms with E-state index in [9.17, 15) is 8.42 Å². The summed E-state index contributed by atoms with van der Waals surface area (Å²) < 4.78 is 24.2. The van der Waals surface area contributed by atoms with Crippen molar-refractivity contribution >= 4 is 21.9 Å². The van der Waals surface area contributed by atoms with E-state index in [0.717, 1.165) is 24.7 Å². The molecular weight excluding hydrogens is 224 g/mol. The molecule has 0 saturated carbocycles. The average Bonchev–Trinajstić information content (AvgIpc) is 2.19. The number of hydrogen-bond donors (Lipinski definition) is 1. The first-order valence-electron chi connectivity index (χ1n) is 5.11. The van der Waals surface area contributed by atoms with Gasteiger partial charge < -0.3 is 0 Å². The third-order valence-electron chi connectivity index (χ3n) is 1.84. The second-order valence-electron chi connectivity index (χ2n) is 3.54. The lowest BCUT2D eigenvalue weighted by Gasteiger charge is -2.02. The maximum absolute atomic E-state index is 10.9. The molecule has 0 aliphatic carbocycles. The van der Waals surface area contributed by atoms with Gasteiger partial charge in [-0.2, -0.15) is 0 Å². The number of allylic oxidation sites excluding steroid dienone is 1. The number of unbranched alkanes of at least 4 members (excludes halogenated alkanes) is 1. The maximum atomic E-state index is 10.9. The molecule has 0 amide bonds. The summed E-state index contributed by atoms with van der Waals surface area (Å²) in [6.45, 7) is 2.11. The van der Waals surface area contributed by atoms with Gasteiger partial charge in [0.15, 0.2) is 0 Å². The molecule has 0 unspecified atom stereocenters. The molecule has 0 saturated heterocycles. The van der Waals surface area contributed by atoms with Gasteiger partial charge in [0.25, 0.3) is 0 Å². The topological polar surface area (TPSA) is 59.1 Å². The summed E-state index contributed by atoms with van der Waals surface area (Å²) in [5, 5.41) is 0. The molecule has 88 valence electrons. The van der Waals surface area contributed by atoms with Crippen LogP contribution in [0.15, 0.2) is 24.4 Å². The van der Waals surface area contributed by atoms with E-state index in [0.29, 0.717) is 5.82 Å². The highest BCUT2D eigenvalue weighted by Crippen LogP contribution is 2.08. The fourth-order valence-electron chi connectivity index (χ4n) is 1.14. The lowest BCUT2D eigenvalue weighted by molar-refractivity contribution is 0.606. The van der Waals surface area contributed by atoms with Crippen molar-refractivity contribution in [2.24, 2.45) is 0 Å². The largest absolute Gasteiger partial charge is 0.268 e. The second-order valence-corrected chi connectivity index (χ2v) is 5.29. The molecule has 16 heavy (non-hydrogen) atoms. The van der Waals surface area contributed by atoms with Crippen molar-refractivity contribution in [2.75, 3.05) is 11.0 Å². The Labute approximate surface area is 96.5 Å². The normalized spacial score (nSPS) is 11.9. The van der Waals surface area contributed by atoms with Crippen molar-refractivity contribution in [1.82, 2.24) is 4.98 Å². The molecule has 1 rings (SSSR count). The minimum atomic E-state index is -3.24. The quantitative estimate of drug-likeness (QED) is 0.858. The molecule has 0 spiro atoms. The lowest BCUT2D eigenvalue weighted by atomic mass is 10.2. The Hall–Kier alpha value is -1.36. The van der Waals surface area contributed by atoms with Crippen LogP contribution in [0.4, 0.5) is 5.82 Å². The van der Waals surface area contributed by atoms with Crippen molar-refractivity contribution in [3.8, 4) is 0 Å². The van der Waals surface area contributed by atoms with E-state index in [1.54, 1.807) is 12.3 Å². The predicted molar refractivity (Wildman–Crippen MR) is 66.6 cm³/mol. The maximum Gasteiger partial charge on any atom is 0.230 e. The molecule has 0 atom stereocenters. The van der Waals surface area contributed by atoms with Crippen molar-refractivity contribution in [2.45, 2.75) is 19.8 Å². The number of pyridine rings is 1. The predicted octanol–water partition coefficient (Wildman–Crippen LogP) is 2.27. The molecule has 0 aromatic carbocycles. The lowest BCUT2D eigenvalue weighted by Crippen LogP contribution is -2.10. The van der Waals surface area contributed by atoms with E-state index >= 15 is 0 Å². The fraction of sp³-hybridized carbons (Fsp3) is 0.364. The highest BCUT2D eigenvalue weighted by atomic mass is 32.2. The van der Waals surface area contributed by atoms with Gasteiger partial charge in [0.05, 0.1) is 6.26 Å². The smallest absolute Gasteiger partial charge is 0.230 e. The molecule has 1 aromatic heterocycles. The molecule has 0 bridgehead atoms. The molecule has 1 heterocycles. The first-order valence-corrected chi connectivity index (χ1v) is 7.01. The van der Waals surface area contributed by atoms with Crippen LogP contribution in [0.2, 0.25) is 0 Å². The van der Waals surface area contributed by atoms with Crippen molar-refractivity contribution in [3.05, 3.63) is 30.0 Å². The Balaban J connectivity index is 2.68. The molecule has 5 heteroatoms. The Morgan fingerprint density at radius 1 is 1.44 bits per heavy atom. The molecule has 0 aliphatic heterocycles. The summed E-state index contributed by atoms with van der Waals surface area (Å²) in [5.41, 5.74) is 0.965. The van der Waals surface area contributed by atoms with E-state index in [1.165, 1.54) is 0 Å². The summed E-state index contributed by atoms with van der Waals surface area (Å²) in [6.07, 6.45) is 8.92. The summed E-state index contributed by atoms with van der Waals surface area (Å²) >= 11 is 0. The van der Waals surface area contributed by atoms with Crippen LogP contribution >= 0.6 is 0 Å². The Morgan fingerprint density at radius 3 is 2.69 bits per heavy atom. The van der Waals surface area contributed by atoms with E-state index in [1.807, 2.05) is 12.1 Å². The Kier molecular flexibility index (Phi) is 4.49. The minimum Gasteiger partial charge on any atom is -0.268 e. The number of nitrogens with one attached hydrogen (secondary N) is 1. The number of hydrogen-bond acceptors (Lipinski definition) is 3. The monoisotopic (exact) mass is 240 g/mol. The van der Waals surface area contributed by atoms with E-state index in [-0.39, 0.29) is 0 Å². The first-order chi connectivity index (χ1) is 7.51. The van der Waals surface area contributed by atoms with Gasteiger partial charge in [-0.1, -0.05) is 25.5 Å². The Morgan fingerprint density at radius 2 is 2.19 bits per heavy atom. The van der Waals surface area contributed by atoms with Gasteiger partial charge in [-0.3, -0.25) is 4.72 Å². The van der Waals surface area contributed by atoms with Gasteiger partial charge >= 0.3 is 0 Å². The number of sulfonamides is 1. The van der Waals surface area contributed by atoms with Crippen molar-refractivity contribution < 1.29 is 8.42 Å². The third-order valence-corrected chi connectivity index (χ3v) is 2.42. The van der Waals surface area contributed by atoms with Gasteiger partial charge in [0.2, 0.25) is 10.0 Å². The summed E-state index contributed by atoms with van der Waals surface area (Å²) in [5.74, 6) is 0.343. The second kappa shape index (κ2) is 5.65. The van der Waals surface area contributed by atoms with Crippen LogP contribution in [0.25, 0.3) is 6.08 Å². The Bertz CT molecular complexity index is 449. The molecule has 0 aliphatic rings. The van der Waals surface area contributed by atoms with Crippen LogP contribution in [0.3, 0.4) is 0 Å². The van der Waals surface area contributed by atoms with Gasteiger partial charge in [-0.15, -0.1) is 0 Å². The molecule has 0 fully saturated rings. The van der Waals surface area contributed by atoms with Crippen LogP contribution in [-0.2, 0) is 10.0 Å². The standard InChI is InChI=1S/C11H16N2O2S/c1-3-4-5-6-10-7-8-11(12-9-10)13-16(2,14)15/h5-9H,3-4H2,1-2H3,(H,12,13). The van der Waals surface area contributed by atoms with Crippen LogP contribution < -0.4 is 4.72 Å². The zero-order chi connectivity index (χ0) is 12.0. The zero-order valence-electron chi connectivity index (χ0n) is 9.47. The number of rotatable bonds is 5. The number of anilines is 1. The van der Waals surface area contributed by atoms with E-state index in [4.69, 9.17) is 0 Å².